The molecule has 0 heterocycles. The predicted octanol–water partition coefficient (Wildman–Crippen LogP) is 4.32. The van der Waals surface area contributed by atoms with Gasteiger partial charge in [0.15, 0.2) is 0 Å². The lowest BCUT2D eigenvalue weighted by Gasteiger charge is -2.34. The highest BCUT2D eigenvalue weighted by atomic mass is 16.6. The number of hydrogen-bond acceptors (Lipinski definition) is 11. The molecule has 4 rings (SSSR count). The Morgan fingerprint density at radius 2 is 0.963 bits per heavy atom. The maximum atomic E-state index is 14.5. The molecule has 0 unspecified atom stereocenters. The molecule has 81 heavy (non-hydrogen) atoms. The van der Waals surface area contributed by atoms with Gasteiger partial charge >= 0.3 is 12.1 Å². The van der Waals surface area contributed by atoms with Gasteiger partial charge in [-0.3, -0.25) is 48.1 Å². The minimum Gasteiger partial charge on any atom is -0.480 e. The Labute approximate surface area is 476 Å². The van der Waals surface area contributed by atoms with Crippen molar-refractivity contribution in [3.8, 4) is 11.1 Å². The van der Waals surface area contributed by atoms with Gasteiger partial charge in [0.05, 0.1) is 6.54 Å². The number of fused-ring (bicyclic) bond motifs is 3. The second-order valence-corrected chi connectivity index (χ2v) is 22.4. The number of carbonyl (C=O) groups is 10. The van der Waals surface area contributed by atoms with Crippen LogP contribution in [0.2, 0.25) is 0 Å². The molecular weight excluding hydrogens is 1040 g/mol. The van der Waals surface area contributed by atoms with Crippen LogP contribution in [0.4, 0.5) is 4.79 Å². The van der Waals surface area contributed by atoms with E-state index >= 15 is 0 Å². The SMILES string of the molecule is CC(C)C[C@H](NC(=O)[C@H](C)N(C)C(=O)OCC1c2ccccc2-c2ccccc21)C(=O)N(C)[C@@H](CC(C)C)C(=O)N[C@@H](C)C(=O)N(C)[C@@H](Cc1ccccc1)C(=O)NCC(=O)N(C)[C@@H](CC(C)C)C(=O)N[C@@H](C)C(=O)N[C@@H](C)C(=O)O. The largest absolute Gasteiger partial charge is 0.480 e. The number of rotatable bonds is 28. The van der Waals surface area contributed by atoms with Gasteiger partial charge in [-0.1, -0.05) is 120 Å². The number of amides is 9. The molecule has 1 aliphatic carbocycles. The van der Waals surface area contributed by atoms with Crippen molar-refractivity contribution in [3.05, 3.63) is 95.6 Å². The van der Waals surface area contributed by atoms with Crippen molar-refractivity contribution in [2.24, 2.45) is 17.8 Å². The molecule has 1 aliphatic rings. The summed E-state index contributed by atoms with van der Waals surface area (Å²) in [6.07, 6.45) is -0.159. The molecule has 0 aliphatic heterocycles. The lowest BCUT2D eigenvalue weighted by atomic mass is 9.98. The number of carboxylic acid groups (broad SMARTS) is 1. The van der Waals surface area contributed by atoms with Crippen molar-refractivity contribution in [2.45, 2.75) is 149 Å². The highest BCUT2D eigenvalue weighted by Crippen LogP contribution is 2.44. The molecule has 6 N–H and O–H groups in total. The Balaban J connectivity index is 1.44. The van der Waals surface area contributed by atoms with Crippen LogP contribution in [0, 0.1) is 17.8 Å². The summed E-state index contributed by atoms with van der Waals surface area (Å²) < 4.78 is 5.81. The normalized spacial score (nSPS) is 14.8. The van der Waals surface area contributed by atoms with E-state index in [1.165, 1.54) is 70.6 Å². The smallest absolute Gasteiger partial charge is 0.410 e. The van der Waals surface area contributed by atoms with Crippen LogP contribution >= 0.6 is 0 Å². The van der Waals surface area contributed by atoms with Gasteiger partial charge < -0.3 is 51.1 Å². The van der Waals surface area contributed by atoms with Gasteiger partial charge in [-0.25, -0.2) is 4.79 Å². The number of nitrogens with zero attached hydrogens (tertiary/aromatic N) is 4. The van der Waals surface area contributed by atoms with E-state index < -0.39 is 114 Å². The second kappa shape index (κ2) is 30.1. The first kappa shape index (κ1) is 65.7. The van der Waals surface area contributed by atoms with E-state index in [9.17, 15) is 53.1 Å². The van der Waals surface area contributed by atoms with Gasteiger partial charge in [0.2, 0.25) is 47.3 Å². The van der Waals surface area contributed by atoms with Gasteiger partial charge in [-0.15, -0.1) is 0 Å². The van der Waals surface area contributed by atoms with Crippen LogP contribution in [0.15, 0.2) is 78.9 Å². The fourth-order valence-corrected chi connectivity index (χ4v) is 9.62. The number of carbonyl (C=O) groups excluding carboxylic acids is 9. The average molecular weight is 1120 g/mol. The number of likely N-dealkylation sites (N-methyl/N-ethyl adjacent to an activating group) is 4. The van der Waals surface area contributed by atoms with Crippen LogP contribution in [0.25, 0.3) is 11.1 Å². The third-order valence-corrected chi connectivity index (χ3v) is 14.6. The van der Waals surface area contributed by atoms with Crippen molar-refractivity contribution >= 4 is 59.3 Å². The summed E-state index contributed by atoms with van der Waals surface area (Å²) in [7, 11) is 5.69. The molecule has 21 nitrogen and oxygen atoms in total. The first-order valence-corrected chi connectivity index (χ1v) is 27.7. The molecule has 9 amide bonds. The average Bonchev–Trinajstić information content (AvgIpc) is 3.91. The highest BCUT2D eigenvalue weighted by molar-refractivity contribution is 5.97. The van der Waals surface area contributed by atoms with Crippen molar-refractivity contribution < 1.29 is 57.8 Å². The van der Waals surface area contributed by atoms with Gasteiger partial charge in [0.25, 0.3) is 0 Å². The van der Waals surface area contributed by atoms with E-state index in [0.29, 0.717) is 5.56 Å². The molecule has 0 bridgehead atoms. The molecule has 3 aromatic carbocycles. The Bertz CT molecular complexity index is 2670. The number of benzene rings is 3. The highest BCUT2D eigenvalue weighted by Gasteiger charge is 2.38. The quantitative estimate of drug-likeness (QED) is 0.0594. The van der Waals surface area contributed by atoms with Gasteiger partial charge in [0.1, 0.15) is 54.9 Å². The molecule has 21 heteroatoms. The number of aliphatic carboxylic acids is 1. The monoisotopic (exact) mass is 1120 g/mol. The van der Waals surface area contributed by atoms with E-state index in [4.69, 9.17) is 4.74 Å². The number of nitrogens with one attached hydrogen (secondary N) is 5. The summed E-state index contributed by atoms with van der Waals surface area (Å²) in [6.45, 7) is 16.3. The van der Waals surface area contributed by atoms with E-state index in [2.05, 4.69) is 26.6 Å². The Kier molecular flexibility index (Phi) is 24.4. The number of hydrogen-bond donors (Lipinski definition) is 6. The topological polar surface area (TPSA) is 273 Å². The van der Waals surface area contributed by atoms with E-state index in [0.717, 1.165) is 27.2 Å². The summed E-state index contributed by atoms with van der Waals surface area (Å²) in [5.74, 6) is -7.03. The number of carboxylic acids is 1. The van der Waals surface area contributed by atoms with Gasteiger partial charge in [-0.2, -0.15) is 0 Å². The molecule has 0 aromatic heterocycles. The van der Waals surface area contributed by atoms with Crippen LogP contribution in [0.1, 0.15) is 111 Å². The molecule has 0 saturated heterocycles. The number of ether oxygens (including phenoxy) is 1. The predicted molar refractivity (Wildman–Crippen MR) is 306 cm³/mol. The molecule has 8 atom stereocenters. The molecule has 3 aromatic rings. The Morgan fingerprint density at radius 1 is 0.494 bits per heavy atom. The zero-order valence-corrected chi connectivity index (χ0v) is 49.4. The Morgan fingerprint density at radius 3 is 1.48 bits per heavy atom. The van der Waals surface area contributed by atoms with E-state index in [1.807, 2.05) is 90.1 Å². The lowest BCUT2D eigenvalue weighted by Crippen LogP contribution is -2.59. The summed E-state index contributed by atoms with van der Waals surface area (Å²) in [5, 5.41) is 22.2. The minimum atomic E-state index is -1.26. The van der Waals surface area contributed by atoms with Crippen molar-refractivity contribution in [3.63, 3.8) is 0 Å². The Hall–Kier alpha value is -7.84. The minimum absolute atomic E-state index is 0.00864. The zero-order chi connectivity index (χ0) is 60.6. The summed E-state index contributed by atoms with van der Waals surface area (Å²) in [6, 6.07) is 15.6. The van der Waals surface area contributed by atoms with Gasteiger partial charge in [0, 0.05) is 40.5 Å². The fourth-order valence-electron chi connectivity index (χ4n) is 9.62. The van der Waals surface area contributed by atoms with Crippen LogP contribution in [0.5, 0.6) is 0 Å². The summed E-state index contributed by atoms with van der Waals surface area (Å²) in [5.41, 5.74) is 4.90. The van der Waals surface area contributed by atoms with Crippen LogP contribution < -0.4 is 26.6 Å². The molecule has 0 saturated carbocycles. The third-order valence-electron chi connectivity index (χ3n) is 14.6. The molecule has 442 valence electrons. The van der Waals surface area contributed by atoms with Crippen LogP contribution in [-0.4, -0.2) is 174 Å². The summed E-state index contributed by atoms with van der Waals surface area (Å²) >= 11 is 0. The second-order valence-electron chi connectivity index (χ2n) is 22.4. The van der Waals surface area contributed by atoms with Crippen molar-refractivity contribution in [1.29, 1.82) is 0 Å². The maximum Gasteiger partial charge on any atom is 0.410 e. The molecular formula is C60H85N9O12. The van der Waals surface area contributed by atoms with Gasteiger partial charge in [-0.05, 0) is 92.5 Å². The first-order valence-electron chi connectivity index (χ1n) is 27.7. The fraction of sp³-hybridized carbons (Fsp3) is 0.533. The maximum absolute atomic E-state index is 14.5. The standard InChI is InChI=1S/C60H85N9O12/c1-34(2)28-47(65-53(72)40(10)66(11)60(80)81-33-46-44-26-20-18-24-42(44)43-25-19-21-27-45(43)46)58(77)69(14)49(30-36(5)6)56(75)63-38(8)57(76)68(13)50(31-41-22-16-15-17-23-41)54(73)61-32-51(70)67(12)48(29-35(3)4)55(74)62-37(7)52(71)64-39(9)59(78)79/h15-27,34-40,46-50H,28-33H2,1-14H3,(H,61,73)(H,62,74)(H,63,75)(H,64,71)(H,65,72)(H,78,79)/t37-,38-,39-,40-,47-,48-,49-,50-/m0/s1. The summed E-state index contributed by atoms with van der Waals surface area (Å²) in [4.78, 5) is 141. The first-order chi connectivity index (χ1) is 38.0. The van der Waals surface area contributed by atoms with Crippen LogP contribution in [-0.2, 0) is 54.3 Å². The third kappa shape index (κ3) is 18.1. The zero-order valence-electron chi connectivity index (χ0n) is 49.4. The molecule has 0 fully saturated rings. The lowest BCUT2D eigenvalue weighted by molar-refractivity contribution is -0.145. The van der Waals surface area contributed by atoms with Crippen molar-refractivity contribution in [1.82, 2.24) is 46.2 Å². The van der Waals surface area contributed by atoms with Crippen LogP contribution in [0.3, 0.4) is 0 Å². The van der Waals surface area contributed by atoms with E-state index in [-0.39, 0.29) is 56.0 Å². The van der Waals surface area contributed by atoms with E-state index in [1.54, 1.807) is 30.3 Å². The van der Waals surface area contributed by atoms with Crippen molar-refractivity contribution in [2.75, 3.05) is 41.3 Å². The molecule has 0 radical (unpaired) electrons. The molecule has 0 spiro atoms.